The maximum atomic E-state index is 12.4. The minimum atomic E-state index is -0.164. The van der Waals surface area contributed by atoms with Gasteiger partial charge in [0.05, 0.1) is 10.5 Å². The summed E-state index contributed by atoms with van der Waals surface area (Å²) in [5, 5.41) is 7.36. The number of para-hydroxylation sites is 1. The Balaban J connectivity index is 1.60. The van der Waals surface area contributed by atoms with Gasteiger partial charge in [0.1, 0.15) is 5.71 Å². The van der Waals surface area contributed by atoms with Crippen molar-refractivity contribution in [3.05, 3.63) is 99.9 Å². The van der Waals surface area contributed by atoms with Crippen LogP contribution in [0.15, 0.2) is 89.0 Å². The first-order valence-electron chi connectivity index (χ1n) is 9.05. The molecule has 0 radical (unpaired) electrons. The summed E-state index contributed by atoms with van der Waals surface area (Å²) in [5.74, 6) is -0.164. The van der Waals surface area contributed by atoms with Crippen LogP contribution < -0.4 is 5.43 Å². The van der Waals surface area contributed by atoms with Crippen LogP contribution in [0.5, 0.6) is 0 Å². The summed E-state index contributed by atoms with van der Waals surface area (Å²) in [4.78, 5) is 13.4. The first-order chi connectivity index (χ1) is 13.8. The molecule has 28 heavy (non-hydrogen) atoms. The number of rotatable bonds is 4. The van der Waals surface area contributed by atoms with E-state index in [1.165, 1.54) is 5.56 Å². The average molecular weight is 383 g/mol. The number of amides is 1. The molecule has 0 saturated heterocycles. The van der Waals surface area contributed by atoms with Gasteiger partial charge in [-0.25, -0.2) is 5.43 Å². The third-order valence-electron chi connectivity index (χ3n) is 4.84. The number of benzene rings is 2. The quantitative estimate of drug-likeness (QED) is 0.512. The van der Waals surface area contributed by atoms with E-state index in [1.54, 1.807) is 11.3 Å². The van der Waals surface area contributed by atoms with Crippen molar-refractivity contribution in [2.24, 2.45) is 5.10 Å². The van der Waals surface area contributed by atoms with Crippen LogP contribution in [0.3, 0.4) is 0 Å². The van der Waals surface area contributed by atoms with Crippen LogP contribution in [0.2, 0.25) is 0 Å². The molecule has 136 valence electrons. The van der Waals surface area contributed by atoms with Crippen molar-refractivity contribution in [2.75, 3.05) is 0 Å². The first-order valence-corrected chi connectivity index (χ1v) is 9.93. The second-order valence-electron chi connectivity index (χ2n) is 6.65. The zero-order valence-corrected chi connectivity index (χ0v) is 15.8. The number of fused-ring (bicyclic) bond motifs is 1. The van der Waals surface area contributed by atoms with Crippen molar-refractivity contribution in [1.29, 1.82) is 0 Å². The molecule has 0 bridgehead atoms. The molecule has 3 heterocycles. The lowest BCUT2D eigenvalue weighted by Gasteiger charge is -2.05. The fourth-order valence-corrected chi connectivity index (χ4v) is 4.25. The molecule has 0 aliphatic carbocycles. The van der Waals surface area contributed by atoms with E-state index in [4.69, 9.17) is 0 Å². The van der Waals surface area contributed by atoms with E-state index in [-0.39, 0.29) is 5.91 Å². The Morgan fingerprint density at radius 3 is 2.64 bits per heavy atom. The fourth-order valence-electron chi connectivity index (χ4n) is 3.53. The monoisotopic (exact) mass is 383 g/mol. The van der Waals surface area contributed by atoms with E-state index >= 15 is 0 Å². The predicted octanol–water partition coefficient (Wildman–Crippen LogP) is 4.67. The smallest absolute Gasteiger partial charge is 0.273 e. The number of nitrogens with zero attached hydrogens (tertiary/aromatic N) is 2. The van der Waals surface area contributed by atoms with E-state index in [1.807, 2.05) is 41.8 Å². The third-order valence-corrected chi connectivity index (χ3v) is 5.72. The Morgan fingerprint density at radius 1 is 1.00 bits per heavy atom. The zero-order valence-electron chi connectivity index (χ0n) is 15.0. The van der Waals surface area contributed by atoms with E-state index < -0.39 is 0 Å². The second-order valence-corrected chi connectivity index (χ2v) is 7.60. The van der Waals surface area contributed by atoms with Gasteiger partial charge in [-0.05, 0) is 29.2 Å². The van der Waals surface area contributed by atoms with Crippen LogP contribution in [-0.4, -0.2) is 16.2 Å². The Hall–Kier alpha value is -3.44. The highest BCUT2D eigenvalue weighted by molar-refractivity contribution is 7.12. The third kappa shape index (κ3) is 2.96. The Labute approximate surface area is 166 Å². The molecule has 1 aliphatic rings. The lowest BCUT2D eigenvalue weighted by molar-refractivity contribution is -0.116. The molecule has 4 aromatic rings. The summed E-state index contributed by atoms with van der Waals surface area (Å²) in [6.07, 6.45) is 4.06. The standard InChI is InChI=1S/C23H17N3OS/c27-23-19(22(24-25-23)21-11-6-12-28-21)13-17-15-26(14-16-7-2-1-3-8-16)20-10-5-4-9-18(17)20/h1-13,15H,14H2,(H,25,27)/b19-13-. The summed E-state index contributed by atoms with van der Waals surface area (Å²) in [7, 11) is 0. The SMILES string of the molecule is O=C1NN=C(c2cccs2)/C1=C/c1cn(Cc2ccccc2)c2ccccc12. The van der Waals surface area contributed by atoms with E-state index in [0.717, 1.165) is 27.9 Å². The molecule has 1 amide bonds. The first kappa shape index (κ1) is 16.7. The number of thiophene rings is 1. The van der Waals surface area contributed by atoms with Crippen LogP contribution in [0.1, 0.15) is 16.0 Å². The molecule has 0 atom stereocenters. The van der Waals surface area contributed by atoms with Crippen molar-refractivity contribution in [2.45, 2.75) is 6.54 Å². The minimum absolute atomic E-state index is 0.164. The molecule has 0 spiro atoms. The summed E-state index contributed by atoms with van der Waals surface area (Å²) in [5.41, 5.74) is 7.31. The largest absolute Gasteiger partial charge is 0.342 e. The Morgan fingerprint density at radius 2 is 1.82 bits per heavy atom. The number of aromatic nitrogens is 1. The molecule has 0 fully saturated rings. The van der Waals surface area contributed by atoms with Gasteiger partial charge in [-0.3, -0.25) is 4.79 Å². The van der Waals surface area contributed by atoms with Crippen molar-refractivity contribution in [3.63, 3.8) is 0 Å². The van der Waals surface area contributed by atoms with Gasteiger partial charge in [-0.15, -0.1) is 11.3 Å². The van der Waals surface area contributed by atoms with Crippen molar-refractivity contribution < 1.29 is 4.79 Å². The van der Waals surface area contributed by atoms with Crippen LogP contribution in [0, 0.1) is 0 Å². The highest BCUT2D eigenvalue weighted by Crippen LogP contribution is 2.27. The van der Waals surface area contributed by atoms with Crippen molar-refractivity contribution >= 4 is 39.9 Å². The van der Waals surface area contributed by atoms with Crippen molar-refractivity contribution in [3.8, 4) is 0 Å². The van der Waals surface area contributed by atoms with Gasteiger partial charge in [0.15, 0.2) is 0 Å². The number of nitrogens with one attached hydrogen (secondary N) is 1. The van der Waals surface area contributed by atoms with Gasteiger partial charge in [-0.1, -0.05) is 54.6 Å². The average Bonchev–Trinajstić information content (AvgIpc) is 3.45. The molecule has 2 aromatic carbocycles. The fraction of sp³-hybridized carbons (Fsp3) is 0.0435. The van der Waals surface area contributed by atoms with Crippen LogP contribution >= 0.6 is 11.3 Å². The number of hydrogen-bond acceptors (Lipinski definition) is 3. The molecule has 0 saturated carbocycles. The summed E-state index contributed by atoms with van der Waals surface area (Å²) < 4.78 is 2.23. The van der Waals surface area contributed by atoms with Crippen LogP contribution in [0.25, 0.3) is 17.0 Å². The summed E-state index contributed by atoms with van der Waals surface area (Å²) in [6.45, 7) is 0.780. The number of hydrogen-bond donors (Lipinski definition) is 1. The Kier molecular flexibility index (Phi) is 4.14. The molecule has 4 nitrogen and oxygen atoms in total. The van der Waals surface area contributed by atoms with E-state index in [0.29, 0.717) is 11.3 Å². The highest BCUT2D eigenvalue weighted by atomic mass is 32.1. The number of carbonyl (C=O) groups excluding carboxylic acids is 1. The molecule has 5 heteroatoms. The van der Waals surface area contributed by atoms with Gasteiger partial charge in [0.2, 0.25) is 0 Å². The predicted molar refractivity (Wildman–Crippen MR) is 114 cm³/mol. The maximum Gasteiger partial charge on any atom is 0.273 e. The van der Waals surface area contributed by atoms with E-state index in [9.17, 15) is 4.79 Å². The lowest BCUT2D eigenvalue weighted by Crippen LogP contribution is -2.13. The summed E-state index contributed by atoms with van der Waals surface area (Å²) >= 11 is 1.58. The molecule has 5 rings (SSSR count). The molecule has 1 aliphatic heterocycles. The minimum Gasteiger partial charge on any atom is -0.342 e. The maximum absolute atomic E-state index is 12.4. The lowest BCUT2D eigenvalue weighted by atomic mass is 10.1. The summed E-state index contributed by atoms with van der Waals surface area (Å²) in [6, 6.07) is 22.6. The van der Waals surface area contributed by atoms with Gasteiger partial charge in [0.25, 0.3) is 5.91 Å². The molecular formula is C23H17N3OS. The second kappa shape index (κ2) is 6.94. The molecule has 1 N–H and O–H groups in total. The highest BCUT2D eigenvalue weighted by Gasteiger charge is 2.25. The van der Waals surface area contributed by atoms with Gasteiger partial charge >= 0.3 is 0 Å². The topological polar surface area (TPSA) is 46.4 Å². The normalized spacial score (nSPS) is 15.2. The molecule has 2 aromatic heterocycles. The van der Waals surface area contributed by atoms with Crippen LogP contribution in [-0.2, 0) is 11.3 Å². The molecular weight excluding hydrogens is 366 g/mol. The molecule has 0 unspecified atom stereocenters. The van der Waals surface area contributed by atoms with E-state index in [2.05, 4.69) is 57.7 Å². The van der Waals surface area contributed by atoms with Crippen molar-refractivity contribution in [1.82, 2.24) is 9.99 Å². The van der Waals surface area contributed by atoms with Gasteiger partial charge in [-0.2, -0.15) is 5.10 Å². The number of hydrazone groups is 1. The van der Waals surface area contributed by atoms with Gasteiger partial charge in [0, 0.05) is 29.2 Å². The van der Waals surface area contributed by atoms with Gasteiger partial charge < -0.3 is 4.57 Å². The Bertz CT molecular complexity index is 1220. The zero-order chi connectivity index (χ0) is 18.9. The van der Waals surface area contributed by atoms with Crippen LogP contribution in [0.4, 0.5) is 0 Å². The number of carbonyl (C=O) groups is 1.